The second-order valence-electron chi connectivity index (χ2n) is 0.808. The highest BCUT2D eigenvalue weighted by Crippen LogP contribution is 2.13. The SMILES string of the molecule is NC(N)O[P+](=O)O. The zero-order valence-corrected chi connectivity index (χ0v) is 4.34. The Balaban J connectivity index is 3.13. The standard InChI is InChI=1S/CH5N2O3P/c2-1(3)6-7(4)5/h1H,2-3H2/p+1. The third-order valence-corrected chi connectivity index (χ3v) is 0.636. The van der Waals surface area contributed by atoms with Gasteiger partial charge in [-0.25, -0.2) is 0 Å². The summed E-state index contributed by atoms with van der Waals surface area (Å²) in [6.07, 6.45) is -1.16. The lowest BCUT2D eigenvalue weighted by atomic mass is 11.1. The first-order valence-electron chi connectivity index (χ1n) is 1.47. The van der Waals surface area contributed by atoms with Gasteiger partial charge in [-0.05, 0) is 0 Å². The third-order valence-electron chi connectivity index (χ3n) is 0.212. The highest BCUT2D eigenvalue weighted by Gasteiger charge is 2.14. The van der Waals surface area contributed by atoms with Gasteiger partial charge >= 0.3 is 8.25 Å². The largest absolute Gasteiger partial charge is 0.697 e. The normalized spacial score (nSPS) is 12.3. The highest BCUT2D eigenvalue weighted by atomic mass is 31.1. The minimum Gasteiger partial charge on any atom is -0.289 e. The minimum atomic E-state index is -2.64. The molecule has 0 aliphatic carbocycles. The maximum atomic E-state index is 9.58. The monoisotopic (exact) mass is 125 g/mol. The van der Waals surface area contributed by atoms with Gasteiger partial charge in [0.15, 0.2) is 0 Å². The van der Waals surface area contributed by atoms with Crippen molar-refractivity contribution in [1.82, 2.24) is 0 Å². The molecule has 0 saturated carbocycles. The molecule has 0 aliphatic rings. The second kappa shape index (κ2) is 3.01. The molecule has 0 saturated heterocycles. The van der Waals surface area contributed by atoms with E-state index < -0.39 is 14.6 Å². The molecule has 0 spiro atoms. The molecule has 7 heavy (non-hydrogen) atoms. The van der Waals surface area contributed by atoms with Crippen molar-refractivity contribution in [3.05, 3.63) is 0 Å². The first-order valence-corrected chi connectivity index (χ1v) is 2.60. The Morgan fingerprint density at radius 3 is 2.14 bits per heavy atom. The molecule has 5 nitrogen and oxygen atoms in total. The lowest BCUT2D eigenvalue weighted by Crippen LogP contribution is -2.30. The molecular weight excluding hydrogens is 119 g/mol. The van der Waals surface area contributed by atoms with Crippen molar-refractivity contribution in [2.24, 2.45) is 11.5 Å². The number of hydrogen-bond acceptors (Lipinski definition) is 4. The van der Waals surface area contributed by atoms with Crippen LogP contribution in [0.4, 0.5) is 0 Å². The van der Waals surface area contributed by atoms with Crippen LogP contribution in [0.3, 0.4) is 0 Å². The Hall–Kier alpha value is -0.0600. The molecule has 0 aromatic rings. The molecule has 0 bridgehead atoms. The maximum Gasteiger partial charge on any atom is 0.697 e. The third kappa shape index (κ3) is 5.94. The fourth-order valence-corrected chi connectivity index (χ4v) is 0.312. The van der Waals surface area contributed by atoms with E-state index in [9.17, 15) is 4.57 Å². The smallest absolute Gasteiger partial charge is 0.289 e. The van der Waals surface area contributed by atoms with E-state index in [4.69, 9.17) is 16.4 Å². The first kappa shape index (κ1) is 6.94. The molecule has 42 valence electrons. The number of rotatable bonds is 2. The van der Waals surface area contributed by atoms with Gasteiger partial charge in [-0.2, -0.15) is 0 Å². The van der Waals surface area contributed by atoms with Gasteiger partial charge in [0.2, 0.25) is 6.35 Å². The average molecular weight is 125 g/mol. The lowest BCUT2D eigenvalue weighted by Gasteiger charge is -1.87. The molecule has 0 radical (unpaired) electrons. The van der Waals surface area contributed by atoms with Gasteiger partial charge < -0.3 is 0 Å². The molecule has 0 rings (SSSR count). The molecule has 0 fully saturated rings. The van der Waals surface area contributed by atoms with Crippen LogP contribution in [0.15, 0.2) is 0 Å². The molecule has 0 aromatic carbocycles. The molecule has 1 unspecified atom stereocenters. The summed E-state index contributed by atoms with van der Waals surface area (Å²) in [5.74, 6) is 0. The quantitative estimate of drug-likeness (QED) is 0.320. The summed E-state index contributed by atoms with van der Waals surface area (Å²) in [5.41, 5.74) is 9.41. The predicted molar refractivity (Wildman–Crippen MR) is 23.1 cm³/mol. The van der Waals surface area contributed by atoms with Crippen molar-refractivity contribution in [2.75, 3.05) is 0 Å². The van der Waals surface area contributed by atoms with E-state index in [1.165, 1.54) is 0 Å². The first-order chi connectivity index (χ1) is 3.13. The van der Waals surface area contributed by atoms with Crippen LogP contribution in [0.25, 0.3) is 0 Å². The van der Waals surface area contributed by atoms with E-state index in [1.807, 2.05) is 0 Å². The van der Waals surface area contributed by atoms with Crippen LogP contribution in [-0.4, -0.2) is 11.2 Å². The summed E-state index contributed by atoms with van der Waals surface area (Å²) in [5, 5.41) is 0. The van der Waals surface area contributed by atoms with Gasteiger partial charge in [-0.3, -0.25) is 11.5 Å². The van der Waals surface area contributed by atoms with Crippen LogP contribution in [0.5, 0.6) is 0 Å². The van der Waals surface area contributed by atoms with Crippen LogP contribution in [0.2, 0.25) is 0 Å². The van der Waals surface area contributed by atoms with Crippen LogP contribution in [0.1, 0.15) is 0 Å². The zero-order valence-electron chi connectivity index (χ0n) is 3.44. The van der Waals surface area contributed by atoms with Crippen molar-refractivity contribution >= 4 is 8.25 Å². The summed E-state index contributed by atoms with van der Waals surface area (Å²) >= 11 is 0. The fraction of sp³-hybridized carbons (Fsp3) is 1.00. The molecule has 0 aliphatic heterocycles. The van der Waals surface area contributed by atoms with Gasteiger partial charge in [0.25, 0.3) is 0 Å². The van der Waals surface area contributed by atoms with Gasteiger partial charge in [0.1, 0.15) is 0 Å². The second-order valence-corrected chi connectivity index (χ2v) is 1.49. The Morgan fingerprint density at radius 1 is 1.71 bits per heavy atom. The van der Waals surface area contributed by atoms with Crippen molar-refractivity contribution in [1.29, 1.82) is 0 Å². The minimum absolute atomic E-state index is 1.16. The van der Waals surface area contributed by atoms with E-state index in [1.54, 1.807) is 0 Å². The van der Waals surface area contributed by atoms with E-state index in [0.29, 0.717) is 0 Å². The van der Waals surface area contributed by atoms with E-state index >= 15 is 0 Å². The van der Waals surface area contributed by atoms with Gasteiger partial charge in [0.05, 0.1) is 0 Å². The fourth-order valence-electron chi connectivity index (χ4n) is 0.104. The highest BCUT2D eigenvalue weighted by molar-refractivity contribution is 7.32. The van der Waals surface area contributed by atoms with E-state index in [-0.39, 0.29) is 0 Å². The summed E-state index contributed by atoms with van der Waals surface area (Å²) in [4.78, 5) is 7.85. The molecule has 6 heteroatoms. The van der Waals surface area contributed by atoms with Gasteiger partial charge in [-0.1, -0.05) is 4.52 Å². The Morgan fingerprint density at radius 2 is 2.14 bits per heavy atom. The summed E-state index contributed by atoms with van der Waals surface area (Å²) in [6, 6.07) is 0. The summed E-state index contributed by atoms with van der Waals surface area (Å²) in [6.45, 7) is 0. The Bertz CT molecular complexity index is 73.3. The predicted octanol–water partition coefficient (Wildman–Crippen LogP) is -1.15. The molecular formula is CH6N2O3P+. The van der Waals surface area contributed by atoms with Gasteiger partial charge in [-0.15, -0.1) is 4.89 Å². The molecule has 5 N–H and O–H groups in total. The lowest BCUT2D eigenvalue weighted by molar-refractivity contribution is 0.202. The van der Waals surface area contributed by atoms with Crippen LogP contribution < -0.4 is 11.5 Å². The summed E-state index contributed by atoms with van der Waals surface area (Å²) in [7, 11) is -2.64. The van der Waals surface area contributed by atoms with Gasteiger partial charge in [0, 0.05) is 4.57 Å². The molecule has 1 atom stereocenters. The van der Waals surface area contributed by atoms with E-state index in [2.05, 4.69) is 4.52 Å². The zero-order chi connectivity index (χ0) is 5.86. The van der Waals surface area contributed by atoms with Crippen LogP contribution in [-0.2, 0) is 9.09 Å². The average Bonchev–Trinajstić information content (AvgIpc) is 1.27. The number of nitrogens with two attached hydrogens (primary N) is 2. The Kier molecular flexibility index (Phi) is 2.98. The van der Waals surface area contributed by atoms with Crippen molar-refractivity contribution in [3.8, 4) is 0 Å². The van der Waals surface area contributed by atoms with Crippen LogP contribution in [0, 0.1) is 0 Å². The molecule has 0 amide bonds. The molecule has 0 heterocycles. The molecule has 0 aromatic heterocycles. The topological polar surface area (TPSA) is 98.6 Å². The number of hydrogen-bond donors (Lipinski definition) is 3. The Labute approximate surface area is 41.2 Å². The summed E-state index contributed by atoms with van der Waals surface area (Å²) < 4.78 is 13.4. The van der Waals surface area contributed by atoms with E-state index in [0.717, 1.165) is 0 Å². The van der Waals surface area contributed by atoms with Crippen molar-refractivity contribution in [3.63, 3.8) is 0 Å². The van der Waals surface area contributed by atoms with Crippen LogP contribution >= 0.6 is 8.25 Å². The van der Waals surface area contributed by atoms with Crippen molar-refractivity contribution < 1.29 is 14.0 Å². The van der Waals surface area contributed by atoms with Crippen molar-refractivity contribution in [2.45, 2.75) is 6.35 Å². The maximum absolute atomic E-state index is 9.58.